The molecule has 1 aromatic heterocycles. The predicted molar refractivity (Wildman–Crippen MR) is 121 cm³/mol. The quantitative estimate of drug-likeness (QED) is 0.395. The van der Waals surface area contributed by atoms with Crippen LogP contribution in [0.3, 0.4) is 0 Å². The molecular formula is C22H20ClN3O5S. The number of esters is 1. The van der Waals surface area contributed by atoms with E-state index < -0.39 is 28.0 Å². The minimum atomic E-state index is -3.83. The van der Waals surface area contributed by atoms with Crippen molar-refractivity contribution in [2.45, 2.75) is 24.8 Å². The SMILES string of the molecule is Cc1ccc(NS(=O)(=O)c2ccc(C(=O)OC(C)C(=O)Nc3cccnc3Cl)cc2)cc1. The van der Waals surface area contributed by atoms with Gasteiger partial charge in [0.05, 0.1) is 16.1 Å². The van der Waals surface area contributed by atoms with Crippen molar-refractivity contribution in [1.29, 1.82) is 0 Å². The average Bonchev–Trinajstić information content (AvgIpc) is 2.76. The molecule has 1 amide bonds. The van der Waals surface area contributed by atoms with E-state index in [0.717, 1.165) is 5.56 Å². The first-order valence-electron chi connectivity index (χ1n) is 9.47. The van der Waals surface area contributed by atoms with E-state index in [-0.39, 0.29) is 21.3 Å². The van der Waals surface area contributed by atoms with Gasteiger partial charge in [-0.15, -0.1) is 0 Å². The molecule has 0 aliphatic rings. The fraction of sp³-hybridized carbons (Fsp3) is 0.136. The first-order valence-corrected chi connectivity index (χ1v) is 11.3. The highest BCUT2D eigenvalue weighted by molar-refractivity contribution is 7.92. The molecule has 3 rings (SSSR count). The number of aryl methyl sites for hydroxylation is 1. The smallest absolute Gasteiger partial charge is 0.338 e. The van der Waals surface area contributed by atoms with Gasteiger partial charge in [-0.2, -0.15) is 0 Å². The second-order valence-electron chi connectivity index (χ2n) is 6.87. The number of amides is 1. The summed E-state index contributed by atoms with van der Waals surface area (Å²) in [6.45, 7) is 3.30. The number of benzene rings is 2. The highest BCUT2D eigenvalue weighted by atomic mass is 35.5. The van der Waals surface area contributed by atoms with E-state index in [9.17, 15) is 18.0 Å². The van der Waals surface area contributed by atoms with Crippen LogP contribution in [0.5, 0.6) is 0 Å². The van der Waals surface area contributed by atoms with Gasteiger partial charge in [-0.3, -0.25) is 9.52 Å². The zero-order chi connectivity index (χ0) is 23.3. The molecule has 0 aliphatic heterocycles. The lowest BCUT2D eigenvalue weighted by Crippen LogP contribution is -2.30. The number of ether oxygens (including phenoxy) is 1. The highest BCUT2D eigenvalue weighted by Gasteiger charge is 2.21. The molecule has 3 aromatic rings. The lowest BCUT2D eigenvalue weighted by molar-refractivity contribution is -0.123. The number of anilines is 2. The van der Waals surface area contributed by atoms with Gasteiger partial charge in [0.25, 0.3) is 15.9 Å². The zero-order valence-corrected chi connectivity index (χ0v) is 18.8. The molecule has 0 saturated carbocycles. The Morgan fingerprint density at radius 2 is 1.69 bits per heavy atom. The Kier molecular flexibility index (Phi) is 7.12. The third-order valence-electron chi connectivity index (χ3n) is 4.37. The van der Waals surface area contributed by atoms with Crippen LogP contribution in [0.25, 0.3) is 0 Å². The average molecular weight is 474 g/mol. The Labute approximate surface area is 190 Å². The van der Waals surface area contributed by atoms with Crippen LogP contribution in [0.1, 0.15) is 22.8 Å². The number of carbonyl (C=O) groups excluding carboxylic acids is 2. The minimum absolute atomic E-state index is 0.0216. The van der Waals surface area contributed by atoms with Gasteiger partial charge in [0, 0.05) is 11.9 Å². The number of hydrogen-bond donors (Lipinski definition) is 2. The fourth-order valence-corrected chi connectivity index (χ4v) is 3.83. The summed E-state index contributed by atoms with van der Waals surface area (Å²) in [7, 11) is -3.83. The van der Waals surface area contributed by atoms with Crippen molar-refractivity contribution >= 4 is 44.9 Å². The normalized spacial score (nSPS) is 12.0. The molecule has 1 atom stereocenters. The molecule has 0 fully saturated rings. The summed E-state index contributed by atoms with van der Waals surface area (Å²) in [5.74, 6) is -1.37. The van der Waals surface area contributed by atoms with Gasteiger partial charge in [-0.05, 0) is 62.4 Å². The van der Waals surface area contributed by atoms with Gasteiger partial charge in [-0.25, -0.2) is 18.2 Å². The van der Waals surface area contributed by atoms with E-state index in [0.29, 0.717) is 5.69 Å². The van der Waals surface area contributed by atoms with Gasteiger partial charge >= 0.3 is 5.97 Å². The van der Waals surface area contributed by atoms with E-state index in [1.54, 1.807) is 36.4 Å². The molecule has 2 N–H and O–H groups in total. The number of halogens is 1. The third kappa shape index (κ3) is 5.83. The van der Waals surface area contributed by atoms with Crippen molar-refractivity contribution < 1.29 is 22.7 Å². The summed E-state index contributed by atoms with van der Waals surface area (Å²) in [6, 6.07) is 15.2. The molecule has 8 nitrogen and oxygen atoms in total. The van der Waals surface area contributed by atoms with Gasteiger partial charge in [0.1, 0.15) is 0 Å². The van der Waals surface area contributed by atoms with Crippen molar-refractivity contribution in [2.24, 2.45) is 0 Å². The molecule has 0 bridgehead atoms. The summed E-state index contributed by atoms with van der Waals surface area (Å²) in [6.07, 6.45) is 0.354. The van der Waals surface area contributed by atoms with Crippen LogP contribution in [0.4, 0.5) is 11.4 Å². The van der Waals surface area contributed by atoms with E-state index >= 15 is 0 Å². The molecule has 2 aromatic carbocycles. The maximum absolute atomic E-state index is 12.5. The molecule has 0 radical (unpaired) electrons. The maximum atomic E-state index is 12.5. The van der Waals surface area contributed by atoms with Gasteiger partial charge in [0.15, 0.2) is 11.3 Å². The van der Waals surface area contributed by atoms with Gasteiger partial charge in [0.2, 0.25) is 0 Å². The number of nitrogens with zero attached hydrogens (tertiary/aromatic N) is 1. The van der Waals surface area contributed by atoms with Crippen LogP contribution in [0.15, 0.2) is 71.8 Å². The van der Waals surface area contributed by atoms with Crippen LogP contribution in [-0.4, -0.2) is 31.4 Å². The monoisotopic (exact) mass is 473 g/mol. The number of carbonyl (C=O) groups is 2. The molecule has 1 unspecified atom stereocenters. The Hall–Kier alpha value is -3.43. The summed E-state index contributed by atoms with van der Waals surface area (Å²) < 4.78 is 32.7. The van der Waals surface area contributed by atoms with Gasteiger partial charge < -0.3 is 10.1 Å². The Morgan fingerprint density at radius 3 is 2.31 bits per heavy atom. The molecule has 0 spiro atoms. The van der Waals surface area contributed by atoms with Crippen LogP contribution >= 0.6 is 11.6 Å². The van der Waals surface area contributed by atoms with E-state index in [2.05, 4.69) is 15.0 Å². The van der Waals surface area contributed by atoms with Gasteiger partial charge in [-0.1, -0.05) is 29.3 Å². The lowest BCUT2D eigenvalue weighted by atomic mass is 10.2. The standard InChI is InChI=1S/C22H20ClN3O5S/c1-14-5-9-17(10-6-14)26-32(29,30)18-11-7-16(8-12-18)22(28)31-15(2)21(27)25-19-4-3-13-24-20(19)23/h3-13,15,26H,1-2H3,(H,25,27). The second-order valence-corrected chi connectivity index (χ2v) is 8.91. The first-order chi connectivity index (χ1) is 15.2. The minimum Gasteiger partial charge on any atom is -0.449 e. The largest absolute Gasteiger partial charge is 0.449 e. The maximum Gasteiger partial charge on any atom is 0.338 e. The molecule has 1 heterocycles. The molecule has 166 valence electrons. The zero-order valence-electron chi connectivity index (χ0n) is 17.2. The van der Waals surface area contributed by atoms with Crippen molar-refractivity contribution in [1.82, 2.24) is 4.98 Å². The summed E-state index contributed by atoms with van der Waals surface area (Å²) in [4.78, 5) is 28.4. The molecule has 10 heteroatoms. The van der Waals surface area contributed by atoms with Crippen LogP contribution in [0.2, 0.25) is 5.15 Å². The van der Waals surface area contributed by atoms with Crippen molar-refractivity contribution in [3.8, 4) is 0 Å². The number of hydrogen-bond acceptors (Lipinski definition) is 6. The van der Waals surface area contributed by atoms with E-state index in [4.69, 9.17) is 16.3 Å². The van der Waals surface area contributed by atoms with Crippen LogP contribution in [-0.2, 0) is 19.6 Å². The first kappa shape index (κ1) is 23.2. The van der Waals surface area contributed by atoms with E-state index in [1.807, 2.05) is 6.92 Å². The third-order valence-corrected chi connectivity index (χ3v) is 6.07. The van der Waals surface area contributed by atoms with Crippen molar-refractivity contribution in [3.63, 3.8) is 0 Å². The van der Waals surface area contributed by atoms with Crippen LogP contribution in [0, 0.1) is 6.92 Å². The number of rotatable bonds is 7. The Balaban J connectivity index is 1.63. The number of sulfonamides is 1. The van der Waals surface area contributed by atoms with E-state index in [1.165, 1.54) is 37.4 Å². The Morgan fingerprint density at radius 1 is 1.03 bits per heavy atom. The number of nitrogens with one attached hydrogen (secondary N) is 2. The van der Waals surface area contributed by atoms with Crippen molar-refractivity contribution in [2.75, 3.05) is 10.0 Å². The molecule has 0 saturated heterocycles. The molecule has 32 heavy (non-hydrogen) atoms. The summed E-state index contributed by atoms with van der Waals surface area (Å²) >= 11 is 5.90. The predicted octanol–water partition coefficient (Wildman–Crippen LogP) is 4.03. The highest BCUT2D eigenvalue weighted by Crippen LogP contribution is 2.19. The Bertz CT molecular complexity index is 1230. The summed E-state index contributed by atoms with van der Waals surface area (Å²) in [5, 5.41) is 2.63. The topological polar surface area (TPSA) is 114 Å². The fourth-order valence-electron chi connectivity index (χ4n) is 2.60. The molecular weight excluding hydrogens is 454 g/mol. The lowest BCUT2D eigenvalue weighted by Gasteiger charge is -2.14. The summed E-state index contributed by atoms with van der Waals surface area (Å²) in [5.41, 5.74) is 1.81. The number of aromatic nitrogens is 1. The molecule has 0 aliphatic carbocycles. The van der Waals surface area contributed by atoms with Crippen molar-refractivity contribution in [3.05, 3.63) is 83.1 Å². The van der Waals surface area contributed by atoms with Crippen LogP contribution < -0.4 is 10.0 Å². The second kappa shape index (κ2) is 9.80. The number of pyridine rings is 1.